The van der Waals surface area contributed by atoms with Crippen molar-refractivity contribution < 1.29 is 9.84 Å². The van der Waals surface area contributed by atoms with Crippen LogP contribution in [0.3, 0.4) is 0 Å². The smallest absolute Gasteiger partial charge is 0.246 e. The second-order valence-electron chi connectivity index (χ2n) is 5.90. The molecule has 0 radical (unpaired) electrons. The molecule has 0 amide bonds. The van der Waals surface area contributed by atoms with Gasteiger partial charge in [-0.1, -0.05) is 0 Å². The van der Waals surface area contributed by atoms with Gasteiger partial charge in [0.25, 0.3) is 0 Å². The average molecular weight is 306 g/mol. The molecular formula is C14H22N6O2. The number of aromatic nitrogens is 3. The summed E-state index contributed by atoms with van der Waals surface area (Å²) in [4.78, 5) is 6.82. The summed E-state index contributed by atoms with van der Waals surface area (Å²) in [6.45, 7) is 4.75. The number of anilines is 2. The van der Waals surface area contributed by atoms with Crippen molar-refractivity contribution in [1.29, 1.82) is 0 Å². The van der Waals surface area contributed by atoms with Gasteiger partial charge in [-0.05, 0) is 18.4 Å². The van der Waals surface area contributed by atoms with Gasteiger partial charge in [0.15, 0.2) is 0 Å². The van der Waals surface area contributed by atoms with Gasteiger partial charge >= 0.3 is 0 Å². The number of hydrogen-bond donors (Lipinski definition) is 3. The van der Waals surface area contributed by atoms with Crippen molar-refractivity contribution in [3.8, 4) is 0 Å². The van der Waals surface area contributed by atoms with Crippen LogP contribution in [-0.4, -0.2) is 65.4 Å². The summed E-state index contributed by atoms with van der Waals surface area (Å²) >= 11 is 0. The predicted molar refractivity (Wildman–Crippen MR) is 81.8 cm³/mol. The van der Waals surface area contributed by atoms with Crippen LogP contribution in [0, 0.1) is 0 Å². The number of hydrogen-bond acceptors (Lipinski definition) is 7. The highest BCUT2D eigenvalue weighted by Crippen LogP contribution is 2.33. The maximum absolute atomic E-state index is 8.99. The first kappa shape index (κ1) is 14.0. The van der Waals surface area contributed by atoms with E-state index < -0.39 is 0 Å². The van der Waals surface area contributed by atoms with Gasteiger partial charge in [-0.3, -0.25) is 0 Å². The van der Waals surface area contributed by atoms with E-state index in [0.717, 1.165) is 57.6 Å². The molecule has 3 N–H and O–H groups in total. The zero-order valence-corrected chi connectivity index (χ0v) is 12.6. The number of ether oxygens (including phenoxy) is 1. The number of aliphatic hydroxyl groups excluding tert-OH is 1. The maximum atomic E-state index is 8.99. The third-order valence-corrected chi connectivity index (χ3v) is 4.51. The number of nitrogens with one attached hydrogen (secondary N) is 2. The predicted octanol–water partition coefficient (Wildman–Crippen LogP) is -0.461. The molecule has 120 valence electrons. The SMILES string of the molecule is OCCNC1CCC2=C1Nc1nc(N3CCOCC3)nn1C2. The van der Waals surface area contributed by atoms with Gasteiger partial charge < -0.3 is 25.4 Å². The largest absolute Gasteiger partial charge is 0.395 e. The van der Waals surface area contributed by atoms with Crippen molar-refractivity contribution in [1.82, 2.24) is 20.1 Å². The Morgan fingerprint density at radius 1 is 1.36 bits per heavy atom. The van der Waals surface area contributed by atoms with E-state index in [1.165, 1.54) is 11.3 Å². The van der Waals surface area contributed by atoms with Crippen LogP contribution < -0.4 is 15.5 Å². The molecule has 22 heavy (non-hydrogen) atoms. The molecule has 3 aliphatic rings. The summed E-state index contributed by atoms with van der Waals surface area (Å²) in [6, 6.07) is 0.291. The van der Waals surface area contributed by atoms with Crippen LogP contribution in [0.15, 0.2) is 11.3 Å². The van der Waals surface area contributed by atoms with Crippen molar-refractivity contribution in [2.24, 2.45) is 0 Å². The van der Waals surface area contributed by atoms with Gasteiger partial charge in [0.1, 0.15) is 0 Å². The molecule has 0 saturated carbocycles. The third kappa shape index (κ3) is 2.47. The Bertz CT molecular complexity index is 578. The Balaban J connectivity index is 1.50. The van der Waals surface area contributed by atoms with Crippen molar-refractivity contribution in [3.63, 3.8) is 0 Å². The van der Waals surface area contributed by atoms with Crippen molar-refractivity contribution in [3.05, 3.63) is 11.3 Å². The number of aliphatic hydroxyl groups is 1. The number of rotatable bonds is 4. The fraction of sp³-hybridized carbons (Fsp3) is 0.714. The van der Waals surface area contributed by atoms with Crippen molar-refractivity contribution in [2.45, 2.75) is 25.4 Å². The standard InChI is InChI=1S/C14H22N6O2/c21-6-3-15-11-2-1-10-9-20-13(16-12(10)11)17-14(18-20)19-4-7-22-8-5-19/h11,15,21H,1-9H2,(H,16,17,18). The van der Waals surface area contributed by atoms with Crippen LogP contribution in [0.1, 0.15) is 12.8 Å². The molecule has 3 heterocycles. The molecule has 0 aromatic carbocycles. The summed E-state index contributed by atoms with van der Waals surface area (Å²) in [5, 5.41) is 20.4. The van der Waals surface area contributed by atoms with Gasteiger partial charge in [-0.25, -0.2) is 4.68 Å². The fourth-order valence-corrected chi connectivity index (χ4v) is 3.36. The molecule has 1 atom stereocenters. The van der Waals surface area contributed by atoms with E-state index in [2.05, 4.69) is 25.6 Å². The summed E-state index contributed by atoms with van der Waals surface area (Å²) in [6.07, 6.45) is 2.14. The molecule has 2 aliphatic heterocycles. The zero-order valence-electron chi connectivity index (χ0n) is 12.6. The fourth-order valence-electron chi connectivity index (χ4n) is 3.36. The Morgan fingerprint density at radius 3 is 3.05 bits per heavy atom. The van der Waals surface area contributed by atoms with Crippen LogP contribution in [0.25, 0.3) is 0 Å². The second-order valence-corrected chi connectivity index (χ2v) is 5.90. The van der Waals surface area contributed by atoms with E-state index in [1.807, 2.05) is 4.68 Å². The first-order chi connectivity index (χ1) is 10.8. The third-order valence-electron chi connectivity index (χ3n) is 4.51. The molecule has 0 spiro atoms. The first-order valence-corrected chi connectivity index (χ1v) is 7.96. The van der Waals surface area contributed by atoms with Gasteiger partial charge in [-0.2, -0.15) is 4.98 Å². The topological polar surface area (TPSA) is 87.5 Å². The number of fused-ring (bicyclic) bond motifs is 1. The van der Waals surface area contributed by atoms with E-state index >= 15 is 0 Å². The van der Waals surface area contributed by atoms with Crippen molar-refractivity contribution in [2.75, 3.05) is 49.7 Å². The Kier molecular flexibility index (Phi) is 3.73. The Hall–Kier alpha value is -1.64. The summed E-state index contributed by atoms with van der Waals surface area (Å²) in [7, 11) is 0. The lowest BCUT2D eigenvalue weighted by Gasteiger charge is -2.25. The molecule has 1 fully saturated rings. The lowest BCUT2D eigenvalue weighted by atomic mass is 10.2. The van der Waals surface area contributed by atoms with Crippen molar-refractivity contribution >= 4 is 11.9 Å². The Labute approximate surface area is 129 Å². The normalized spacial score (nSPS) is 24.2. The lowest BCUT2D eigenvalue weighted by Crippen LogP contribution is -2.37. The molecular weight excluding hydrogens is 284 g/mol. The quantitative estimate of drug-likeness (QED) is 0.694. The van der Waals surface area contributed by atoms with Gasteiger partial charge in [0.2, 0.25) is 11.9 Å². The summed E-state index contributed by atoms with van der Waals surface area (Å²) < 4.78 is 7.34. The lowest BCUT2D eigenvalue weighted by molar-refractivity contribution is 0.122. The molecule has 1 unspecified atom stereocenters. The van der Waals surface area contributed by atoms with Gasteiger partial charge in [0, 0.05) is 31.4 Å². The monoisotopic (exact) mass is 306 g/mol. The minimum atomic E-state index is 0.163. The van der Waals surface area contributed by atoms with E-state index in [4.69, 9.17) is 9.84 Å². The number of nitrogens with zero attached hydrogens (tertiary/aromatic N) is 4. The average Bonchev–Trinajstić information content (AvgIpc) is 3.15. The highest BCUT2D eigenvalue weighted by atomic mass is 16.5. The molecule has 1 aliphatic carbocycles. The molecule has 1 saturated heterocycles. The van der Waals surface area contributed by atoms with E-state index in [0.29, 0.717) is 12.6 Å². The van der Waals surface area contributed by atoms with E-state index in [1.54, 1.807) is 0 Å². The summed E-state index contributed by atoms with van der Waals surface area (Å²) in [5.74, 6) is 1.60. The van der Waals surface area contributed by atoms with Crippen LogP contribution in [0.2, 0.25) is 0 Å². The van der Waals surface area contributed by atoms with E-state index in [-0.39, 0.29) is 6.61 Å². The van der Waals surface area contributed by atoms with Gasteiger partial charge in [0.05, 0.1) is 26.4 Å². The van der Waals surface area contributed by atoms with E-state index in [9.17, 15) is 0 Å². The molecule has 8 heteroatoms. The highest BCUT2D eigenvalue weighted by molar-refractivity contribution is 5.49. The van der Waals surface area contributed by atoms with Crippen LogP contribution in [0.4, 0.5) is 11.9 Å². The number of morpholine rings is 1. The van der Waals surface area contributed by atoms with Crippen LogP contribution in [-0.2, 0) is 11.3 Å². The molecule has 1 aromatic heterocycles. The zero-order chi connectivity index (χ0) is 14.9. The molecule has 0 bridgehead atoms. The second kappa shape index (κ2) is 5.86. The number of allylic oxidation sites excluding steroid dienone is 1. The molecule has 8 nitrogen and oxygen atoms in total. The minimum Gasteiger partial charge on any atom is -0.395 e. The first-order valence-electron chi connectivity index (χ1n) is 7.96. The molecule has 4 rings (SSSR count). The Morgan fingerprint density at radius 2 is 2.23 bits per heavy atom. The highest BCUT2D eigenvalue weighted by Gasteiger charge is 2.31. The summed E-state index contributed by atoms with van der Waals surface area (Å²) in [5.41, 5.74) is 2.61. The minimum absolute atomic E-state index is 0.163. The van der Waals surface area contributed by atoms with Crippen LogP contribution in [0.5, 0.6) is 0 Å². The van der Waals surface area contributed by atoms with Crippen LogP contribution >= 0.6 is 0 Å². The van der Waals surface area contributed by atoms with Gasteiger partial charge in [-0.15, -0.1) is 5.10 Å². The maximum Gasteiger partial charge on any atom is 0.246 e. The molecule has 1 aromatic rings.